The van der Waals surface area contributed by atoms with Crippen LogP contribution >= 0.6 is 0 Å². The summed E-state index contributed by atoms with van der Waals surface area (Å²) in [5.41, 5.74) is 3.54. The van der Waals surface area contributed by atoms with Gasteiger partial charge in [0.05, 0.1) is 5.56 Å². The van der Waals surface area contributed by atoms with Gasteiger partial charge in [0.2, 0.25) is 0 Å². The Hall–Kier alpha value is -3.81. The third-order valence-electron chi connectivity index (χ3n) is 6.64. The normalized spacial score (nSPS) is 13.8. The van der Waals surface area contributed by atoms with Crippen molar-refractivity contribution < 1.29 is 32.2 Å². The molecular weight excluding hydrogens is 507 g/mol. The molecule has 0 saturated heterocycles. The topological polar surface area (TPSA) is 64.6 Å². The van der Waals surface area contributed by atoms with Crippen molar-refractivity contribution >= 4 is 12.1 Å². The molecule has 1 amide bonds. The fourth-order valence-corrected chi connectivity index (χ4v) is 4.91. The van der Waals surface area contributed by atoms with Crippen molar-refractivity contribution in [3.63, 3.8) is 0 Å². The van der Waals surface area contributed by atoms with Crippen LogP contribution in [0.25, 0.3) is 11.1 Å². The van der Waals surface area contributed by atoms with Crippen molar-refractivity contribution in [1.82, 2.24) is 5.32 Å². The van der Waals surface area contributed by atoms with Crippen molar-refractivity contribution in [3.8, 4) is 11.1 Å². The molecule has 3 aromatic rings. The average molecular weight is 540 g/mol. The van der Waals surface area contributed by atoms with Gasteiger partial charge in [-0.1, -0.05) is 60.7 Å². The Balaban J connectivity index is 1.44. The molecule has 0 spiro atoms. The Bertz CT molecular complexity index is 1310. The largest absolute Gasteiger partial charge is 0.458 e. The maximum Gasteiger partial charge on any atom is 0.416 e. The van der Waals surface area contributed by atoms with E-state index in [4.69, 9.17) is 9.47 Å². The van der Waals surface area contributed by atoms with Crippen LogP contribution in [0.1, 0.15) is 60.9 Å². The smallest absolute Gasteiger partial charge is 0.416 e. The lowest BCUT2D eigenvalue weighted by molar-refractivity contribution is -0.157. The molecule has 0 unspecified atom stereocenters. The molecule has 0 radical (unpaired) electrons. The van der Waals surface area contributed by atoms with Crippen LogP contribution in [0.3, 0.4) is 0 Å². The molecule has 206 valence electrons. The zero-order valence-corrected chi connectivity index (χ0v) is 22.4. The number of aryl methyl sites for hydroxylation is 2. The summed E-state index contributed by atoms with van der Waals surface area (Å²) in [6.45, 7) is 6.63. The first-order chi connectivity index (χ1) is 18.3. The molecule has 8 heteroatoms. The Labute approximate surface area is 226 Å². The van der Waals surface area contributed by atoms with Gasteiger partial charge in [0, 0.05) is 5.92 Å². The molecule has 39 heavy (non-hydrogen) atoms. The number of nitrogens with one attached hydrogen (secondary N) is 1. The molecule has 0 saturated carbocycles. The van der Waals surface area contributed by atoms with Crippen molar-refractivity contribution in [3.05, 3.63) is 94.5 Å². The van der Waals surface area contributed by atoms with Crippen molar-refractivity contribution in [1.29, 1.82) is 0 Å². The lowest BCUT2D eigenvalue weighted by Crippen LogP contribution is -2.45. The minimum atomic E-state index is -4.44. The number of hydrogen-bond acceptors (Lipinski definition) is 4. The Kier molecular flexibility index (Phi) is 8.04. The number of amides is 1. The van der Waals surface area contributed by atoms with E-state index in [9.17, 15) is 22.8 Å². The molecule has 3 aromatic carbocycles. The van der Waals surface area contributed by atoms with E-state index in [1.807, 2.05) is 48.5 Å². The fraction of sp³-hybridized carbons (Fsp3) is 0.355. The monoisotopic (exact) mass is 539 g/mol. The highest BCUT2D eigenvalue weighted by Gasteiger charge is 2.33. The number of rotatable bonds is 7. The minimum Gasteiger partial charge on any atom is -0.458 e. The summed E-state index contributed by atoms with van der Waals surface area (Å²) in [4.78, 5) is 25.8. The van der Waals surface area contributed by atoms with Crippen LogP contribution in [0.4, 0.5) is 18.0 Å². The second kappa shape index (κ2) is 11.1. The van der Waals surface area contributed by atoms with E-state index < -0.39 is 35.4 Å². The van der Waals surface area contributed by atoms with Crippen LogP contribution in [-0.2, 0) is 26.9 Å². The molecule has 0 aliphatic heterocycles. The quantitative estimate of drug-likeness (QED) is 0.323. The molecule has 1 aliphatic rings. The summed E-state index contributed by atoms with van der Waals surface area (Å²) < 4.78 is 50.5. The highest BCUT2D eigenvalue weighted by atomic mass is 19.4. The summed E-state index contributed by atoms with van der Waals surface area (Å²) in [5.74, 6) is -0.780. The zero-order chi connectivity index (χ0) is 28.4. The van der Waals surface area contributed by atoms with E-state index in [2.05, 4.69) is 5.32 Å². The Morgan fingerprint density at radius 1 is 0.923 bits per heavy atom. The average Bonchev–Trinajstić information content (AvgIpc) is 3.17. The standard InChI is InChI=1S/C31H32F3NO4/c1-19-17-20(13-15-26(19)31(32,33)34)14-16-27(28(36)39-30(2,3)4)35-29(37)38-18-25-23-11-7-5-9-21(23)22-10-6-8-12-24(22)25/h5-13,15,17,25,27H,14,16,18H2,1-4H3,(H,35,37)/t27-/m0/s1. The molecule has 4 rings (SSSR count). The molecule has 1 aliphatic carbocycles. The maximum absolute atomic E-state index is 13.1. The zero-order valence-electron chi connectivity index (χ0n) is 22.4. The summed E-state index contributed by atoms with van der Waals surface area (Å²) in [6.07, 6.45) is -4.82. The molecule has 0 fully saturated rings. The molecule has 1 N–H and O–H groups in total. The molecular formula is C31H32F3NO4. The highest BCUT2D eigenvalue weighted by Crippen LogP contribution is 2.44. The van der Waals surface area contributed by atoms with Crippen LogP contribution < -0.4 is 5.32 Å². The number of carbonyl (C=O) groups is 2. The van der Waals surface area contributed by atoms with Crippen LogP contribution in [0.2, 0.25) is 0 Å². The Morgan fingerprint density at radius 3 is 2.05 bits per heavy atom. The second-order valence-corrected chi connectivity index (χ2v) is 10.7. The first-order valence-corrected chi connectivity index (χ1v) is 12.8. The number of benzene rings is 3. The minimum absolute atomic E-state index is 0.0823. The first kappa shape index (κ1) is 28.2. The Morgan fingerprint density at radius 2 is 1.51 bits per heavy atom. The molecule has 0 heterocycles. The lowest BCUT2D eigenvalue weighted by atomic mass is 9.98. The third kappa shape index (κ3) is 6.80. The predicted octanol–water partition coefficient (Wildman–Crippen LogP) is 7.20. The SMILES string of the molecule is Cc1cc(CC[C@H](NC(=O)OCC2c3ccccc3-c3ccccc32)C(=O)OC(C)(C)C)ccc1C(F)(F)F. The molecule has 0 aromatic heterocycles. The van der Waals surface area contributed by atoms with Gasteiger partial charge in [-0.2, -0.15) is 13.2 Å². The second-order valence-electron chi connectivity index (χ2n) is 10.7. The summed E-state index contributed by atoms with van der Waals surface area (Å²) in [6, 6.07) is 18.7. The van der Waals surface area contributed by atoms with Gasteiger partial charge in [-0.25, -0.2) is 9.59 Å². The van der Waals surface area contributed by atoms with E-state index in [1.165, 1.54) is 19.1 Å². The fourth-order valence-electron chi connectivity index (χ4n) is 4.91. The summed E-state index contributed by atoms with van der Waals surface area (Å²) in [7, 11) is 0. The number of hydrogen-bond donors (Lipinski definition) is 1. The van der Waals surface area contributed by atoms with Crippen LogP contribution in [0.5, 0.6) is 0 Å². The predicted molar refractivity (Wildman–Crippen MR) is 142 cm³/mol. The van der Waals surface area contributed by atoms with E-state index in [0.29, 0.717) is 5.56 Å². The van der Waals surface area contributed by atoms with Crippen LogP contribution in [0, 0.1) is 6.92 Å². The van der Waals surface area contributed by atoms with Gasteiger partial charge in [0.1, 0.15) is 18.2 Å². The molecule has 1 atom stereocenters. The summed E-state index contributed by atoms with van der Waals surface area (Å²) >= 11 is 0. The first-order valence-electron chi connectivity index (χ1n) is 12.8. The third-order valence-corrected chi connectivity index (χ3v) is 6.64. The number of fused-ring (bicyclic) bond motifs is 3. The van der Waals surface area contributed by atoms with Crippen LogP contribution in [0.15, 0.2) is 66.7 Å². The van der Waals surface area contributed by atoms with E-state index >= 15 is 0 Å². The molecule has 0 bridgehead atoms. The van der Waals surface area contributed by atoms with E-state index in [0.717, 1.165) is 28.3 Å². The van der Waals surface area contributed by atoms with Gasteiger partial charge in [-0.3, -0.25) is 0 Å². The molecule has 5 nitrogen and oxygen atoms in total. The maximum atomic E-state index is 13.1. The van der Waals surface area contributed by atoms with Crippen molar-refractivity contribution in [2.24, 2.45) is 0 Å². The number of alkyl carbamates (subject to hydrolysis) is 1. The number of carbonyl (C=O) groups excluding carboxylic acids is 2. The van der Waals surface area contributed by atoms with Gasteiger partial charge < -0.3 is 14.8 Å². The van der Waals surface area contributed by atoms with Gasteiger partial charge in [0.15, 0.2) is 0 Å². The highest BCUT2D eigenvalue weighted by molar-refractivity contribution is 5.82. The van der Waals surface area contributed by atoms with Crippen LogP contribution in [-0.4, -0.2) is 30.3 Å². The number of halogens is 3. The van der Waals surface area contributed by atoms with Gasteiger partial charge in [0.25, 0.3) is 0 Å². The summed E-state index contributed by atoms with van der Waals surface area (Å²) in [5, 5.41) is 2.62. The number of ether oxygens (including phenoxy) is 2. The van der Waals surface area contributed by atoms with Crippen molar-refractivity contribution in [2.75, 3.05) is 6.61 Å². The van der Waals surface area contributed by atoms with Gasteiger partial charge in [-0.05, 0) is 80.0 Å². The number of esters is 1. The van der Waals surface area contributed by atoms with E-state index in [1.54, 1.807) is 20.8 Å². The van der Waals surface area contributed by atoms with Crippen molar-refractivity contribution in [2.45, 2.75) is 64.3 Å². The lowest BCUT2D eigenvalue weighted by Gasteiger charge is -2.25. The number of alkyl halides is 3. The van der Waals surface area contributed by atoms with E-state index in [-0.39, 0.29) is 30.9 Å². The van der Waals surface area contributed by atoms with Gasteiger partial charge >= 0.3 is 18.2 Å². The van der Waals surface area contributed by atoms with Gasteiger partial charge in [-0.15, -0.1) is 0 Å².